The van der Waals surface area contributed by atoms with Gasteiger partial charge in [-0.1, -0.05) is 56.1 Å². The van der Waals surface area contributed by atoms with Gasteiger partial charge in [0.15, 0.2) is 10.9 Å². The van der Waals surface area contributed by atoms with E-state index in [1.54, 1.807) is 6.07 Å². The Morgan fingerprint density at radius 3 is 2.59 bits per heavy atom. The van der Waals surface area contributed by atoms with Gasteiger partial charge in [-0.3, -0.25) is 4.99 Å². The second kappa shape index (κ2) is 10.5. The molecular formula is C17H27BrClN3O3S2. The van der Waals surface area contributed by atoms with Crippen LogP contribution in [0.15, 0.2) is 28.1 Å². The molecule has 2 rings (SSSR count). The van der Waals surface area contributed by atoms with Gasteiger partial charge < -0.3 is 10.0 Å². The number of benzene rings is 1. The van der Waals surface area contributed by atoms with Crippen molar-refractivity contribution in [2.75, 3.05) is 18.8 Å². The van der Waals surface area contributed by atoms with Crippen LogP contribution in [-0.4, -0.2) is 42.4 Å². The summed E-state index contributed by atoms with van der Waals surface area (Å²) in [5.41, 5.74) is -0.884. The molecule has 1 atom stereocenters. The number of rotatable bonds is 8. The molecule has 154 valence electrons. The van der Waals surface area contributed by atoms with Crippen molar-refractivity contribution < 1.29 is 13.5 Å². The first-order chi connectivity index (χ1) is 12.2. The fourth-order valence-corrected chi connectivity index (χ4v) is 5.05. The van der Waals surface area contributed by atoms with Gasteiger partial charge >= 0.3 is 0 Å². The molecule has 0 saturated carbocycles. The van der Waals surface area contributed by atoms with E-state index >= 15 is 0 Å². The van der Waals surface area contributed by atoms with Gasteiger partial charge in [0.05, 0.1) is 10.8 Å². The van der Waals surface area contributed by atoms with E-state index in [4.69, 9.17) is 16.7 Å². The number of hydrogen-bond acceptors (Lipinski definition) is 5. The molecule has 1 aliphatic heterocycles. The number of nitrogens with zero attached hydrogens (tertiary/aromatic N) is 2. The molecule has 3 N–H and O–H groups in total. The number of nitrogens with two attached hydrogens (primary N) is 1. The molecule has 0 amide bonds. The van der Waals surface area contributed by atoms with Gasteiger partial charge in [0.25, 0.3) is 0 Å². The maximum Gasteiger partial charge on any atom is 0.239 e. The number of hydrogen-bond donors (Lipinski definition) is 2. The SMILES string of the molecule is Br.CCCCN=C1SCC(O)(c2ccc(Cl)c(S(N)(=O)=O)c2)N1CCCC. The quantitative estimate of drug-likeness (QED) is 0.530. The highest BCUT2D eigenvalue weighted by molar-refractivity contribution is 8.93. The lowest BCUT2D eigenvalue weighted by Crippen LogP contribution is -2.45. The third-order valence-electron chi connectivity index (χ3n) is 4.27. The molecule has 0 bridgehead atoms. The van der Waals surface area contributed by atoms with Crippen molar-refractivity contribution in [1.29, 1.82) is 0 Å². The van der Waals surface area contributed by atoms with Crippen LogP contribution in [0.3, 0.4) is 0 Å². The molecule has 0 aromatic heterocycles. The highest BCUT2D eigenvalue weighted by Gasteiger charge is 2.44. The van der Waals surface area contributed by atoms with E-state index in [1.807, 2.05) is 4.90 Å². The first kappa shape index (κ1) is 24.7. The van der Waals surface area contributed by atoms with Crippen molar-refractivity contribution >= 4 is 55.5 Å². The fourth-order valence-electron chi connectivity index (χ4n) is 2.75. The van der Waals surface area contributed by atoms with Crippen LogP contribution in [0.1, 0.15) is 45.1 Å². The van der Waals surface area contributed by atoms with Crippen LogP contribution in [0.5, 0.6) is 0 Å². The molecule has 0 aliphatic carbocycles. The molecule has 1 saturated heterocycles. The number of aliphatic hydroxyl groups is 1. The van der Waals surface area contributed by atoms with Crippen molar-refractivity contribution in [3.05, 3.63) is 28.8 Å². The number of thioether (sulfide) groups is 1. The predicted octanol–water partition coefficient (Wildman–Crippen LogP) is 3.72. The largest absolute Gasteiger partial charge is 0.366 e. The summed E-state index contributed by atoms with van der Waals surface area (Å²) in [5, 5.41) is 17.5. The average Bonchev–Trinajstić information content (AvgIpc) is 2.89. The minimum Gasteiger partial charge on any atom is -0.366 e. The van der Waals surface area contributed by atoms with Gasteiger partial charge in [0, 0.05) is 18.7 Å². The van der Waals surface area contributed by atoms with Gasteiger partial charge in [0.1, 0.15) is 4.90 Å². The van der Waals surface area contributed by atoms with Crippen molar-refractivity contribution in [2.45, 2.75) is 50.2 Å². The minimum atomic E-state index is -3.98. The van der Waals surface area contributed by atoms with Crippen LogP contribution >= 0.6 is 40.3 Å². The topological polar surface area (TPSA) is 96.0 Å². The van der Waals surface area contributed by atoms with Crippen LogP contribution in [0.4, 0.5) is 0 Å². The summed E-state index contributed by atoms with van der Waals surface area (Å²) < 4.78 is 23.6. The summed E-state index contributed by atoms with van der Waals surface area (Å²) in [5.74, 6) is 0.368. The smallest absolute Gasteiger partial charge is 0.239 e. The second-order valence-corrected chi connectivity index (χ2v) is 9.20. The highest BCUT2D eigenvalue weighted by atomic mass is 79.9. The van der Waals surface area contributed by atoms with E-state index in [0.717, 1.165) is 30.9 Å². The molecule has 1 heterocycles. The van der Waals surface area contributed by atoms with E-state index in [1.165, 1.54) is 23.9 Å². The minimum absolute atomic E-state index is 0. The molecule has 10 heteroatoms. The lowest BCUT2D eigenvalue weighted by atomic mass is 10.0. The van der Waals surface area contributed by atoms with E-state index in [-0.39, 0.29) is 26.9 Å². The van der Waals surface area contributed by atoms with Crippen molar-refractivity contribution in [3.63, 3.8) is 0 Å². The zero-order chi connectivity index (χ0) is 19.4. The van der Waals surface area contributed by atoms with E-state index in [2.05, 4.69) is 18.8 Å². The first-order valence-electron chi connectivity index (χ1n) is 8.74. The molecular weight excluding hydrogens is 474 g/mol. The maximum atomic E-state index is 11.8. The Morgan fingerprint density at radius 1 is 1.33 bits per heavy atom. The second-order valence-electron chi connectivity index (χ2n) is 6.32. The summed E-state index contributed by atoms with van der Waals surface area (Å²) in [6.07, 6.45) is 3.91. The Morgan fingerprint density at radius 2 is 2.00 bits per heavy atom. The van der Waals surface area contributed by atoms with Gasteiger partial charge in [0.2, 0.25) is 10.0 Å². The van der Waals surface area contributed by atoms with Crippen LogP contribution in [0, 0.1) is 0 Å². The summed E-state index contributed by atoms with van der Waals surface area (Å²) >= 11 is 7.47. The predicted molar refractivity (Wildman–Crippen MR) is 118 cm³/mol. The molecule has 1 aromatic carbocycles. The Labute approximate surface area is 181 Å². The van der Waals surface area contributed by atoms with Gasteiger partial charge in [-0.25, -0.2) is 13.6 Å². The third kappa shape index (κ3) is 5.83. The molecule has 0 spiro atoms. The third-order valence-corrected chi connectivity index (χ3v) is 6.82. The number of halogens is 2. The van der Waals surface area contributed by atoms with Crippen LogP contribution in [0.25, 0.3) is 0 Å². The molecule has 6 nitrogen and oxygen atoms in total. The fraction of sp³-hybridized carbons (Fsp3) is 0.588. The summed E-state index contributed by atoms with van der Waals surface area (Å²) in [6.45, 7) is 5.53. The normalized spacial score (nSPS) is 21.5. The van der Waals surface area contributed by atoms with E-state index < -0.39 is 15.7 Å². The zero-order valence-corrected chi connectivity index (χ0v) is 19.6. The standard InChI is InChI=1S/C17H26ClN3O3S2.BrH/c1-3-5-9-20-16-21(10-6-4-2)17(22,12-25-16)13-7-8-14(18)15(11-13)26(19,23)24;/h7-8,11,22H,3-6,9-10,12H2,1-2H3,(H2,19,23,24);1H. The van der Waals surface area contributed by atoms with Gasteiger partial charge in [-0.05, 0) is 25.0 Å². The van der Waals surface area contributed by atoms with E-state index in [9.17, 15) is 13.5 Å². The molecule has 27 heavy (non-hydrogen) atoms. The summed E-state index contributed by atoms with van der Waals surface area (Å²) in [6, 6.07) is 4.47. The Kier molecular flexibility index (Phi) is 9.57. The molecule has 0 radical (unpaired) electrons. The van der Waals surface area contributed by atoms with Crippen molar-refractivity contribution in [2.24, 2.45) is 10.1 Å². The van der Waals surface area contributed by atoms with Crippen molar-refractivity contribution in [3.8, 4) is 0 Å². The number of primary sulfonamides is 1. The highest BCUT2D eigenvalue weighted by Crippen LogP contribution is 2.40. The van der Waals surface area contributed by atoms with Crippen LogP contribution in [0.2, 0.25) is 5.02 Å². The number of amidine groups is 1. The zero-order valence-electron chi connectivity index (χ0n) is 15.5. The molecule has 1 fully saturated rings. The number of sulfonamides is 1. The van der Waals surface area contributed by atoms with Crippen LogP contribution < -0.4 is 5.14 Å². The monoisotopic (exact) mass is 499 g/mol. The average molecular weight is 501 g/mol. The maximum absolute atomic E-state index is 11.8. The Hall–Kier alpha value is -0.320. The van der Waals surface area contributed by atoms with Gasteiger partial charge in [-0.15, -0.1) is 17.0 Å². The summed E-state index contributed by atoms with van der Waals surface area (Å²) in [4.78, 5) is 6.32. The number of unbranched alkanes of at least 4 members (excludes halogenated alkanes) is 2. The van der Waals surface area contributed by atoms with Crippen LogP contribution in [-0.2, 0) is 15.7 Å². The lowest BCUT2D eigenvalue weighted by Gasteiger charge is -2.35. The van der Waals surface area contributed by atoms with Crippen molar-refractivity contribution in [1.82, 2.24) is 4.90 Å². The Balaban J connectivity index is 0.00000364. The van der Waals surface area contributed by atoms with Gasteiger partial charge in [-0.2, -0.15) is 0 Å². The van der Waals surface area contributed by atoms with E-state index in [0.29, 0.717) is 24.4 Å². The lowest BCUT2D eigenvalue weighted by molar-refractivity contribution is -0.0484. The first-order valence-corrected chi connectivity index (χ1v) is 11.6. The Bertz CT molecular complexity index is 777. The molecule has 1 aliphatic rings. The number of aliphatic imine (C=N–C) groups is 1. The molecule has 1 unspecified atom stereocenters. The summed E-state index contributed by atoms with van der Waals surface area (Å²) in [7, 11) is -3.98. The molecule has 1 aromatic rings.